The molecule has 2 unspecified atom stereocenters. The number of nitrogens with one attached hydrogen (secondary N) is 1. The van der Waals surface area contributed by atoms with E-state index in [1.54, 1.807) is 0 Å². The van der Waals surface area contributed by atoms with Gasteiger partial charge in [-0.15, -0.1) is 0 Å². The predicted molar refractivity (Wildman–Crippen MR) is 92.3 cm³/mol. The predicted octanol–water partition coefficient (Wildman–Crippen LogP) is 4.77. The summed E-state index contributed by atoms with van der Waals surface area (Å²) in [6.07, 6.45) is 3.74. The smallest absolute Gasteiger partial charge is 0.0468 e. The average Bonchev–Trinajstić information content (AvgIpc) is 2.94. The molecule has 1 aromatic carbocycles. The van der Waals surface area contributed by atoms with Crippen LogP contribution in [0.1, 0.15) is 44.7 Å². The van der Waals surface area contributed by atoms with Gasteiger partial charge < -0.3 is 10.2 Å². The normalized spacial score (nSPS) is 18.9. The van der Waals surface area contributed by atoms with Crippen LogP contribution in [0.15, 0.2) is 18.2 Å². The second-order valence-corrected chi connectivity index (χ2v) is 6.99. The van der Waals surface area contributed by atoms with E-state index in [0.717, 1.165) is 23.6 Å². The van der Waals surface area contributed by atoms with E-state index in [4.69, 9.17) is 23.2 Å². The third-order valence-electron chi connectivity index (χ3n) is 4.23. The Bertz CT molecular complexity index is 444. The van der Waals surface area contributed by atoms with Gasteiger partial charge in [0.15, 0.2) is 0 Å². The van der Waals surface area contributed by atoms with Crippen LogP contribution in [0.3, 0.4) is 0 Å². The molecule has 0 spiro atoms. The van der Waals surface area contributed by atoms with E-state index in [2.05, 4.69) is 24.1 Å². The van der Waals surface area contributed by atoms with Gasteiger partial charge in [-0.05, 0) is 62.5 Å². The van der Waals surface area contributed by atoms with Gasteiger partial charge >= 0.3 is 0 Å². The van der Waals surface area contributed by atoms with Gasteiger partial charge in [0.2, 0.25) is 0 Å². The van der Waals surface area contributed by atoms with Crippen molar-refractivity contribution in [2.45, 2.75) is 39.2 Å². The number of hydrogen-bond donors (Lipinski definition) is 1. The monoisotopic (exact) mass is 328 g/mol. The Labute approximate surface area is 138 Å². The van der Waals surface area contributed by atoms with Gasteiger partial charge in [0.1, 0.15) is 0 Å². The molecule has 1 aromatic rings. The molecule has 2 rings (SSSR count). The van der Waals surface area contributed by atoms with Gasteiger partial charge in [-0.3, -0.25) is 0 Å². The number of benzene rings is 1. The van der Waals surface area contributed by atoms with Gasteiger partial charge in [0.25, 0.3) is 0 Å². The van der Waals surface area contributed by atoms with Gasteiger partial charge in [-0.2, -0.15) is 0 Å². The molecule has 1 aliphatic rings. The number of likely N-dealkylation sites (tertiary alicyclic amines) is 1. The first-order valence-corrected chi connectivity index (χ1v) is 8.76. The standard InChI is InChI=1S/C17H26Cl2N2/c1-3-17(15-7-6-14(18)10-16(15)19)20-11-13(2)12-21-8-4-5-9-21/h6-7,10,13,17,20H,3-5,8-9,11-12H2,1-2H3. The topological polar surface area (TPSA) is 15.3 Å². The summed E-state index contributed by atoms with van der Waals surface area (Å²) in [7, 11) is 0. The number of halogens is 2. The lowest BCUT2D eigenvalue weighted by molar-refractivity contribution is 0.277. The molecule has 4 heteroatoms. The molecule has 0 radical (unpaired) electrons. The van der Waals surface area contributed by atoms with Crippen molar-refractivity contribution in [1.82, 2.24) is 10.2 Å². The lowest BCUT2D eigenvalue weighted by atomic mass is 10.0. The summed E-state index contributed by atoms with van der Waals surface area (Å²) < 4.78 is 0. The van der Waals surface area contributed by atoms with Crippen LogP contribution in [0, 0.1) is 5.92 Å². The van der Waals surface area contributed by atoms with Gasteiger partial charge in [-0.25, -0.2) is 0 Å². The van der Waals surface area contributed by atoms with Crippen molar-refractivity contribution in [1.29, 1.82) is 0 Å². The third kappa shape index (κ3) is 5.14. The van der Waals surface area contributed by atoms with Crippen molar-refractivity contribution in [3.8, 4) is 0 Å². The van der Waals surface area contributed by atoms with Crippen molar-refractivity contribution in [3.63, 3.8) is 0 Å². The van der Waals surface area contributed by atoms with E-state index >= 15 is 0 Å². The van der Waals surface area contributed by atoms with Crippen LogP contribution in [0.5, 0.6) is 0 Å². The largest absolute Gasteiger partial charge is 0.310 e. The second-order valence-electron chi connectivity index (χ2n) is 6.15. The highest BCUT2D eigenvalue weighted by atomic mass is 35.5. The summed E-state index contributed by atoms with van der Waals surface area (Å²) in [5.74, 6) is 0.656. The van der Waals surface area contributed by atoms with Crippen molar-refractivity contribution in [3.05, 3.63) is 33.8 Å². The highest BCUT2D eigenvalue weighted by Crippen LogP contribution is 2.28. The maximum atomic E-state index is 6.32. The molecule has 1 saturated heterocycles. The van der Waals surface area contributed by atoms with E-state index in [-0.39, 0.29) is 0 Å². The molecule has 118 valence electrons. The summed E-state index contributed by atoms with van der Waals surface area (Å²) in [5.41, 5.74) is 1.15. The first-order valence-electron chi connectivity index (χ1n) is 8.00. The van der Waals surface area contributed by atoms with Crippen molar-refractivity contribution in [2.24, 2.45) is 5.92 Å². The Kier molecular flexibility index (Phi) is 6.81. The van der Waals surface area contributed by atoms with E-state index < -0.39 is 0 Å². The van der Waals surface area contributed by atoms with Crippen LogP contribution in [0.4, 0.5) is 0 Å². The van der Waals surface area contributed by atoms with E-state index in [1.807, 2.05) is 18.2 Å². The zero-order valence-electron chi connectivity index (χ0n) is 13.0. The molecule has 1 aliphatic heterocycles. The molecule has 0 aromatic heterocycles. The van der Waals surface area contributed by atoms with E-state index in [9.17, 15) is 0 Å². The Morgan fingerprint density at radius 1 is 1.24 bits per heavy atom. The van der Waals surface area contributed by atoms with Crippen LogP contribution in [0.2, 0.25) is 10.0 Å². The summed E-state index contributed by atoms with van der Waals surface area (Å²) in [4.78, 5) is 2.57. The highest BCUT2D eigenvalue weighted by molar-refractivity contribution is 6.35. The highest BCUT2D eigenvalue weighted by Gasteiger charge is 2.17. The molecular formula is C17H26Cl2N2. The minimum Gasteiger partial charge on any atom is -0.310 e. The minimum absolute atomic E-state index is 0.302. The van der Waals surface area contributed by atoms with Crippen LogP contribution >= 0.6 is 23.2 Å². The zero-order chi connectivity index (χ0) is 15.2. The molecule has 21 heavy (non-hydrogen) atoms. The molecule has 0 bridgehead atoms. The summed E-state index contributed by atoms with van der Waals surface area (Å²) in [6, 6.07) is 6.09. The average molecular weight is 329 g/mol. The van der Waals surface area contributed by atoms with Gasteiger partial charge in [0.05, 0.1) is 0 Å². The molecule has 0 amide bonds. The molecule has 1 N–H and O–H groups in total. The van der Waals surface area contributed by atoms with Gasteiger partial charge in [-0.1, -0.05) is 43.1 Å². The van der Waals surface area contributed by atoms with Crippen molar-refractivity contribution < 1.29 is 0 Å². The molecule has 0 saturated carbocycles. The third-order valence-corrected chi connectivity index (χ3v) is 4.79. The van der Waals surface area contributed by atoms with Crippen LogP contribution < -0.4 is 5.32 Å². The maximum absolute atomic E-state index is 6.32. The lowest BCUT2D eigenvalue weighted by Crippen LogP contribution is -2.33. The van der Waals surface area contributed by atoms with Crippen LogP contribution in [0.25, 0.3) is 0 Å². The first-order chi connectivity index (χ1) is 10.1. The SMILES string of the molecule is CCC(NCC(C)CN1CCCC1)c1ccc(Cl)cc1Cl. The fourth-order valence-corrected chi connectivity index (χ4v) is 3.61. The zero-order valence-corrected chi connectivity index (χ0v) is 14.6. The molecular weight excluding hydrogens is 303 g/mol. The Morgan fingerprint density at radius 3 is 2.57 bits per heavy atom. The lowest BCUT2D eigenvalue weighted by Gasteiger charge is -2.24. The van der Waals surface area contributed by atoms with E-state index in [0.29, 0.717) is 17.0 Å². The van der Waals surface area contributed by atoms with Crippen LogP contribution in [-0.2, 0) is 0 Å². The Balaban J connectivity index is 1.86. The summed E-state index contributed by atoms with van der Waals surface area (Å²) in [5, 5.41) is 5.12. The fourth-order valence-electron chi connectivity index (χ4n) is 3.07. The summed E-state index contributed by atoms with van der Waals surface area (Å²) >= 11 is 12.3. The molecule has 0 aliphatic carbocycles. The fraction of sp³-hybridized carbons (Fsp3) is 0.647. The first kappa shape index (κ1) is 17.1. The quantitative estimate of drug-likeness (QED) is 0.775. The Morgan fingerprint density at radius 2 is 1.95 bits per heavy atom. The molecule has 2 nitrogen and oxygen atoms in total. The van der Waals surface area contributed by atoms with Crippen molar-refractivity contribution >= 4 is 23.2 Å². The summed E-state index contributed by atoms with van der Waals surface area (Å²) in [6.45, 7) is 9.26. The molecule has 1 fully saturated rings. The molecule has 1 heterocycles. The van der Waals surface area contributed by atoms with E-state index in [1.165, 1.54) is 32.5 Å². The Hall–Kier alpha value is -0.280. The minimum atomic E-state index is 0.302. The number of nitrogens with zero attached hydrogens (tertiary/aromatic N) is 1. The molecule has 2 atom stereocenters. The second kappa shape index (κ2) is 8.38. The number of rotatable bonds is 7. The maximum Gasteiger partial charge on any atom is 0.0468 e. The van der Waals surface area contributed by atoms with Gasteiger partial charge in [0, 0.05) is 22.6 Å². The van der Waals surface area contributed by atoms with Crippen LogP contribution in [-0.4, -0.2) is 31.1 Å². The van der Waals surface area contributed by atoms with Crippen molar-refractivity contribution in [2.75, 3.05) is 26.2 Å². The number of hydrogen-bond acceptors (Lipinski definition) is 2.